The highest BCUT2D eigenvalue weighted by Gasteiger charge is 2.28. The maximum Gasteiger partial charge on any atom is 0.0594 e. The first-order chi connectivity index (χ1) is 10.0. The van der Waals surface area contributed by atoms with E-state index in [1.807, 2.05) is 0 Å². The van der Waals surface area contributed by atoms with Crippen molar-refractivity contribution in [2.75, 3.05) is 32.8 Å². The van der Waals surface area contributed by atoms with Gasteiger partial charge in [0.1, 0.15) is 0 Å². The molecule has 1 aromatic carbocycles. The molecule has 0 amide bonds. The summed E-state index contributed by atoms with van der Waals surface area (Å²) in [5, 5.41) is 3.74. The van der Waals surface area contributed by atoms with Gasteiger partial charge in [-0.2, -0.15) is 0 Å². The van der Waals surface area contributed by atoms with Crippen molar-refractivity contribution >= 4 is 15.9 Å². The first-order valence-electron chi connectivity index (χ1n) is 7.84. The van der Waals surface area contributed by atoms with Crippen LogP contribution < -0.4 is 5.32 Å². The summed E-state index contributed by atoms with van der Waals surface area (Å²) in [6.45, 7) is 11.6. The van der Waals surface area contributed by atoms with E-state index in [0.29, 0.717) is 6.04 Å². The Hall–Kier alpha value is -0.420. The van der Waals surface area contributed by atoms with Crippen LogP contribution in [0.5, 0.6) is 0 Å². The Morgan fingerprint density at radius 2 is 1.86 bits per heavy atom. The van der Waals surface area contributed by atoms with Gasteiger partial charge in [-0.05, 0) is 38.0 Å². The van der Waals surface area contributed by atoms with Crippen molar-refractivity contribution in [2.24, 2.45) is 0 Å². The molecule has 1 aliphatic rings. The largest absolute Gasteiger partial charge is 0.379 e. The van der Waals surface area contributed by atoms with Gasteiger partial charge >= 0.3 is 0 Å². The Morgan fingerprint density at radius 1 is 1.24 bits per heavy atom. The van der Waals surface area contributed by atoms with Gasteiger partial charge in [-0.25, -0.2) is 0 Å². The first-order valence-corrected chi connectivity index (χ1v) is 8.64. The molecule has 2 rings (SSSR count). The third-order valence-electron chi connectivity index (χ3n) is 4.33. The van der Waals surface area contributed by atoms with Crippen LogP contribution in [0.3, 0.4) is 0 Å². The molecule has 0 aromatic heterocycles. The van der Waals surface area contributed by atoms with E-state index >= 15 is 0 Å². The normalized spacial score (nSPS) is 18.7. The van der Waals surface area contributed by atoms with Crippen molar-refractivity contribution in [3.8, 4) is 0 Å². The molecule has 1 heterocycles. The lowest BCUT2D eigenvalue weighted by Crippen LogP contribution is -2.55. The number of hydrogen-bond acceptors (Lipinski definition) is 3. The zero-order chi connectivity index (χ0) is 15.3. The number of nitrogens with one attached hydrogen (secondary N) is 1. The van der Waals surface area contributed by atoms with E-state index < -0.39 is 0 Å². The number of ether oxygens (including phenoxy) is 1. The van der Waals surface area contributed by atoms with E-state index in [2.05, 4.69) is 71.2 Å². The van der Waals surface area contributed by atoms with Gasteiger partial charge in [0.2, 0.25) is 0 Å². The molecule has 4 heteroatoms. The molecule has 1 atom stereocenters. The second-order valence-electron chi connectivity index (χ2n) is 6.31. The minimum absolute atomic E-state index is 0.159. The Kier molecular flexibility index (Phi) is 6.23. The molecule has 118 valence electrons. The van der Waals surface area contributed by atoms with Gasteiger partial charge < -0.3 is 10.1 Å². The maximum atomic E-state index is 5.46. The van der Waals surface area contributed by atoms with Crippen molar-refractivity contribution in [2.45, 2.75) is 38.8 Å². The number of halogens is 1. The van der Waals surface area contributed by atoms with Crippen molar-refractivity contribution < 1.29 is 4.74 Å². The zero-order valence-electron chi connectivity index (χ0n) is 13.4. The topological polar surface area (TPSA) is 24.5 Å². The van der Waals surface area contributed by atoms with Crippen molar-refractivity contribution in [1.82, 2.24) is 10.2 Å². The highest BCUT2D eigenvalue weighted by molar-refractivity contribution is 9.10. The van der Waals surface area contributed by atoms with E-state index in [1.54, 1.807) is 0 Å². The molecule has 1 saturated heterocycles. The van der Waals surface area contributed by atoms with Crippen molar-refractivity contribution in [1.29, 1.82) is 0 Å². The number of rotatable bonds is 6. The molecule has 1 aliphatic heterocycles. The molecular formula is C17H27BrN2O. The van der Waals surface area contributed by atoms with Gasteiger partial charge in [0.15, 0.2) is 0 Å². The summed E-state index contributed by atoms with van der Waals surface area (Å²) >= 11 is 3.50. The van der Waals surface area contributed by atoms with Crippen LogP contribution in [0.25, 0.3) is 0 Å². The minimum Gasteiger partial charge on any atom is -0.379 e. The van der Waals surface area contributed by atoms with Gasteiger partial charge in [0, 0.05) is 35.7 Å². The van der Waals surface area contributed by atoms with Crippen LogP contribution in [0, 0.1) is 0 Å². The van der Waals surface area contributed by atoms with Crippen LogP contribution in [0.2, 0.25) is 0 Å². The Bertz CT molecular complexity index is 427. The Balaban J connectivity index is 1.93. The highest BCUT2D eigenvalue weighted by Crippen LogP contribution is 2.22. The van der Waals surface area contributed by atoms with Crippen molar-refractivity contribution in [3.63, 3.8) is 0 Å². The van der Waals surface area contributed by atoms with E-state index in [0.717, 1.165) is 43.7 Å². The molecule has 0 radical (unpaired) electrons. The van der Waals surface area contributed by atoms with Crippen LogP contribution >= 0.6 is 15.9 Å². The number of hydrogen-bond donors (Lipinski definition) is 1. The van der Waals surface area contributed by atoms with Crippen LogP contribution in [-0.2, 0) is 4.74 Å². The summed E-state index contributed by atoms with van der Waals surface area (Å²) in [6, 6.07) is 9.05. The van der Waals surface area contributed by atoms with E-state index in [9.17, 15) is 0 Å². The maximum absolute atomic E-state index is 5.46. The van der Waals surface area contributed by atoms with E-state index in [1.165, 1.54) is 5.56 Å². The summed E-state index contributed by atoms with van der Waals surface area (Å²) in [5.74, 6) is 0. The van der Waals surface area contributed by atoms with Crippen LogP contribution in [-0.4, -0.2) is 43.3 Å². The zero-order valence-corrected chi connectivity index (χ0v) is 14.9. The third-order valence-corrected chi connectivity index (χ3v) is 4.86. The second-order valence-corrected chi connectivity index (χ2v) is 7.22. The highest BCUT2D eigenvalue weighted by atomic mass is 79.9. The average Bonchev–Trinajstić information content (AvgIpc) is 2.50. The van der Waals surface area contributed by atoms with E-state index in [4.69, 9.17) is 4.74 Å². The molecule has 0 spiro atoms. The van der Waals surface area contributed by atoms with Crippen molar-refractivity contribution in [3.05, 3.63) is 34.3 Å². The molecular weight excluding hydrogens is 328 g/mol. The molecule has 1 unspecified atom stereocenters. The summed E-state index contributed by atoms with van der Waals surface area (Å²) < 4.78 is 6.59. The summed E-state index contributed by atoms with van der Waals surface area (Å²) in [6.07, 6.45) is 1.10. The van der Waals surface area contributed by atoms with Gasteiger partial charge in [-0.15, -0.1) is 0 Å². The third kappa shape index (κ3) is 4.78. The molecule has 3 nitrogen and oxygen atoms in total. The summed E-state index contributed by atoms with van der Waals surface area (Å²) in [7, 11) is 0. The SMILES string of the molecule is CCC(NCC(C)(C)N1CCOCC1)c1ccc(Br)cc1. The number of nitrogens with zero attached hydrogens (tertiary/aromatic N) is 1. The van der Waals surface area contributed by atoms with Gasteiger partial charge in [0.25, 0.3) is 0 Å². The lowest BCUT2D eigenvalue weighted by atomic mass is 9.99. The first kappa shape index (κ1) is 16.9. The number of morpholine rings is 1. The minimum atomic E-state index is 0.159. The van der Waals surface area contributed by atoms with E-state index in [-0.39, 0.29) is 5.54 Å². The van der Waals surface area contributed by atoms with Crippen LogP contribution in [0.15, 0.2) is 28.7 Å². The standard InChI is InChI=1S/C17H27BrN2O/c1-4-16(14-5-7-15(18)8-6-14)19-13-17(2,3)20-9-11-21-12-10-20/h5-8,16,19H,4,9-13H2,1-3H3. The lowest BCUT2D eigenvalue weighted by molar-refractivity contribution is -0.0104. The molecule has 21 heavy (non-hydrogen) atoms. The average molecular weight is 355 g/mol. The van der Waals surface area contributed by atoms with Crippen LogP contribution in [0.4, 0.5) is 0 Å². The molecule has 1 N–H and O–H groups in total. The fourth-order valence-electron chi connectivity index (χ4n) is 2.85. The fraction of sp³-hybridized carbons (Fsp3) is 0.647. The predicted molar refractivity (Wildman–Crippen MR) is 91.6 cm³/mol. The van der Waals surface area contributed by atoms with Gasteiger partial charge in [-0.3, -0.25) is 4.90 Å². The second kappa shape index (κ2) is 7.73. The lowest BCUT2D eigenvalue weighted by Gasteiger charge is -2.41. The molecule has 0 saturated carbocycles. The summed E-state index contributed by atoms with van der Waals surface area (Å²) in [4.78, 5) is 2.53. The smallest absolute Gasteiger partial charge is 0.0594 e. The molecule has 1 fully saturated rings. The predicted octanol–water partition coefficient (Wildman–Crippen LogP) is 3.60. The number of benzene rings is 1. The summed E-state index contributed by atoms with van der Waals surface area (Å²) in [5.41, 5.74) is 1.52. The molecule has 0 bridgehead atoms. The fourth-order valence-corrected chi connectivity index (χ4v) is 3.11. The Labute approximate surface area is 137 Å². The van der Waals surface area contributed by atoms with Gasteiger partial charge in [-0.1, -0.05) is 35.0 Å². The van der Waals surface area contributed by atoms with Gasteiger partial charge in [0.05, 0.1) is 13.2 Å². The van der Waals surface area contributed by atoms with Crippen LogP contribution in [0.1, 0.15) is 38.8 Å². The molecule has 0 aliphatic carbocycles. The quantitative estimate of drug-likeness (QED) is 0.844. The monoisotopic (exact) mass is 354 g/mol. The Morgan fingerprint density at radius 3 is 2.43 bits per heavy atom. The molecule has 1 aromatic rings.